The molecule has 218 valence electrons. The largest absolute Gasteiger partial charge is 0.496 e. The fraction of sp³-hybridized carbons (Fsp3) is 0.0968. The Morgan fingerprint density at radius 2 is 1.58 bits per heavy atom. The number of benzene rings is 3. The molecule has 0 aliphatic heterocycles. The average molecular weight is 590 g/mol. The van der Waals surface area contributed by atoms with E-state index >= 15 is 0 Å². The SMILES string of the molecule is COc1cc(-c2ccc(C(=O)O)cc2)ccc1COc1ccccc1-c1cccc(-n2ncc(C(=O)O)c2C(F)(F)F)n1. The maximum Gasteiger partial charge on any atom is 0.434 e. The number of hydrogen-bond acceptors (Lipinski definition) is 6. The molecule has 2 heterocycles. The molecule has 0 fully saturated rings. The number of halogens is 3. The van der Waals surface area contributed by atoms with Gasteiger partial charge >= 0.3 is 18.1 Å². The first kappa shape index (κ1) is 28.9. The Morgan fingerprint density at radius 1 is 0.860 bits per heavy atom. The number of carboxylic acid groups (broad SMARTS) is 2. The van der Waals surface area contributed by atoms with E-state index in [2.05, 4.69) is 10.1 Å². The normalized spacial score (nSPS) is 11.3. The fourth-order valence-electron chi connectivity index (χ4n) is 4.45. The zero-order valence-corrected chi connectivity index (χ0v) is 22.4. The molecular formula is C31H22F3N3O6. The highest BCUT2D eigenvalue weighted by atomic mass is 19.4. The van der Waals surface area contributed by atoms with E-state index in [0.717, 1.165) is 11.1 Å². The maximum atomic E-state index is 13.8. The van der Waals surface area contributed by atoms with Crippen molar-refractivity contribution >= 4 is 11.9 Å². The molecule has 0 saturated heterocycles. The number of para-hydroxylation sites is 1. The van der Waals surface area contributed by atoms with Crippen molar-refractivity contribution in [1.82, 2.24) is 14.8 Å². The lowest BCUT2D eigenvalue weighted by molar-refractivity contribution is -0.143. The lowest BCUT2D eigenvalue weighted by atomic mass is 10.0. The molecule has 5 rings (SSSR count). The average Bonchev–Trinajstić information content (AvgIpc) is 3.47. The minimum Gasteiger partial charge on any atom is -0.496 e. The summed E-state index contributed by atoms with van der Waals surface area (Å²) >= 11 is 0. The lowest BCUT2D eigenvalue weighted by Crippen LogP contribution is -2.18. The van der Waals surface area contributed by atoms with Crippen LogP contribution in [0.25, 0.3) is 28.2 Å². The molecule has 2 aromatic heterocycles. The summed E-state index contributed by atoms with van der Waals surface area (Å²) in [6, 6.07) is 23.1. The number of aromatic carboxylic acids is 2. The van der Waals surface area contributed by atoms with Crippen LogP contribution in [0.3, 0.4) is 0 Å². The number of methoxy groups -OCH3 is 1. The van der Waals surface area contributed by atoms with Crippen molar-refractivity contribution in [3.63, 3.8) is 0 Å². The van der Waals surface area contributed by atoms with Gasteiger partial charge in [0.05, 0.1) is 24.6 Å². The minimum atomic E-state index is -4.99. The maximum absolute atomic E-state index is 13.8. The summed E-state index contributed by atoms with van der Waals surface area (Å²) in [5, 5.41) is 22.0. The zero-order valence-electron chi connectivity index (χ0n) is 22.4. The summed E-state index contributed by atoms with van der Waals surface area (Å²) in [5.74, 6) is -2.07. The summed E-state index contributed by atoms with van der Waals surface area (Å²) in [5.41, 5.74) is 0.823. The summed E-state index contributed by atoms with van der Waals surface area (Å²) in [6.07, 6.45) is -4.35. The molecule has 0 bridgehead atoms. The Morgan fingerprint density at radius 3 is 2.26 bits per heavy atom. The topological polar surface area (TPSA) is 124 Å². The summed E-state index contributed by atoms with van der Waals surface area (Å²) in [7, 11) is 1.51. The molecule has 0 amide bonds. The van der Waals surface area contributed by atoms with Gasteiger partial charge in [-0.3, -0.25) is 0 Å². The van der Waals surface area contributed by atoms with Crippen LogP contribution >= 0.6 is 0 Å². The number of carboxylic acids is 2. The standard InChI is InChI=1S/C31H22F3N3O6/c1-42-26-15-20(18-9-11-19(12-10-18)29(38)39)13-14-21(26)17-43-25-7-3-2-5-22(25)24-6-4-8-27(36-24)37-28(31(32,33)34)23(16-35-37)30(40)41/h2-16H,17H2,1H3,(H,38,39)(H,40,41). The molecule has 0 atom stereocenters. The number of aromatic nitrogens is 3. The van der Waals surface area contributed by atoms with Crippen LogP contribution in [-0.2, 0) is 12.8 Å². The Hall–Kier alpha value is -5.65. The van der Waals surface area contributed by atoms with Crippen LogP contribution in [0.4, 0.5) is 13.2 Å². The number of carbonyl (C=O) groups is 2. The third-order valence-electron chi connectivity index (χ3n) is 6.52. The van der Waals surface area contributed by atoms with Gasteiger partial charge in [-0.25, -0.2) is 19.3 Å². The van der Waals surface area contributed by atoms with Crippen molar-refractivity contribution in [2.75, 3.05) is 7.11 Å². The molecule has 3 aromatic carbocycles. The lowest BCUT2D eigenvalue weighted by Gasteiger charge is -2.15. The van der Waals surface area contributed by atoms with Crippen LogP contribution in [0, 0.1) is 0 Å². The number of nitrogens with zero attached hydrogens (tertiary/aromatic N) is 3. The van der Waals surface area contributed by atoms with Crippen LogP contribution < -0.4 is 9.47 Å². The van der Waals surface area contributed by atoms with E-state index in [-0.39, 0.29) is 23.7 Å². The molecule has 0 radical (unpaired) electrons. The van der Waals surface area contributed by atoms with Gasteiger partial charge in [-0.15, -0.1) is 0 Å². The van der Waals surface area contributed by atoms with Crippen molar-refractivity contribution in [2.45, 2.75) is 12.8 Å². The van der Waals surface area contributed by atoms with E-state index in [1.54, 1.807) is 48.5 Å². The van der Waals surface area contributed by atoms with Gasteiger partial charge in [-0.05, 0) is 53.6 Å². The third-order valence-corrected chi connectivity index (χ3v) is 6.52. The number of ether oxygens (including phenoxy) is 2. The first-order valence-electron chi connectivity index (χ1n) is 12.7. The molecular weight excluding hydrogens is 567 g/mol. The first-order chi connectivity index (χ1) is 20.6. The Labute approximate surface area is 242 Å². The van der Waals surface area contributed by atoms with Gasteiger partial charge in [0.15, 0.2) is 11.5 Å². The highest BCUT2D eigenvalue weighted by molar-refractivity contribution is 5.89. The summed E-state index contributed by atoms with van der Waals surface area (Å²) in [4.78, 5) is 26.9. The number of rotatable bonds is 9. The van der Waals surface area contributed by atoms with E-state index in [0.29, 0.717) is 33.5 Å². The molecule has 2 N–H and O–H groups in total. The van der Waals surface area contributed by atoms with E-state index in [1.165, 1.54) is 31.4 Å². The van der Waals surface area contributed by atoms with Crippen molar-refractivity contribution in [3.05, 3.63) is 114 Å². The van der Waals surface area contributed by atoms with Gasteiger partial charge in [0.25, 0.3) is 0 Å². The predicted molar refractivity (Wildman–Crippen MR) is 148 cm³/mol. The highest BCUT2D eigenvalue weighted by Crippen LogP contribution is 2.35. The second kappa shape index (κ2) is 11.7. The van der Waals surface area contributed by atoms with Crippen molar-refractivity contribution in [1.29, 1.82) is 0 Å². The molecule has 5 aromatic rings. The van der Waals surface area contributed by atoms with Gasteiger partial charge in [0.2, 0.25) is 0 Å². The number of hydrogen-bond donors (Lipinski definition) is 2. The molecule has 0 spiro atoms. The molecule has 9 nitrogen and oxygen atoms in total. The van der Waals surface area contributed by atoms with E-state index in [4.69, 9.17) is 14.6 Å². The predicted octanol–water partition coefficient (Wildman–Crippen LogP) is 6.60. The van der Waals surface area contributed by atoms with E-state index < -0.39 is 29.4 Å². The molecule has 0 saturated carbocycles. The van der Waals surface area contributed by atoms with Crippen LogP contribution in [-0.4, -0.2) is 44.0 Å². The van der Waals surface area contributed by atoms with Gasteiger partial charge in [-0.1, -0.05) is 42.5 Å². The fourth-order valence-corrected chi connectivity index (χ4v) is 4.45. The first-order valence-corrected chi connectivity index (χ1v) is 12.7. The molecule has 0 aliphatic rings. The molecule has 12 heteroatoms. The Balaban J connectivity index is 1.42. The van der Waals surface area contributed by atoms with Crippen LogP contribution in [0.15, 0.2) is 91.1 Å². The van der Waals surface area contributed by atoms with E-state index in [1.807, 2.05) is 12.1 Å². The van der Waals surface area contributed by atoms with Crippen molar-refractivity contribution in [2.24, 2.45) is 0 Å². The molecule has 43 heavy (non-hydrogen) atoms. The second-order valence-electron chi connectivity index (χ2n) is 9.20. The minimum absolute atomic E-state index is 0.0808. The van der Waals surface area contributed by atoms with Crippen molar-refractivity contribution < 1.29 is 42.4 Å². The quantitative estimate of drug-likeness (QED) is 0.197. The van der Waals surface area contributed by atoms with Gasteiger partial charge < -0.3 is 19.7 Å². The van der Waals surface area contributed by atoms with Crippen molar-refractivity contribution in [3.8, 4) is 39.7 Å². The zero-order chi connectivity index (χ0) is 30.7. The van der Waals surface area contributed by atoms with Crippen LogP contribution in [0.1, 0.15) is 32.0 Å². The Kier molecular flexibility index (Phi) is 7.84. The summed E-state index contributed by atoms with van der Waals surface area (Å²) in [6.45, 7) is 0.0808. The summed E-state index contributed by atoms with van der Waals surface area (Å²) < 4.78 is 53.4. The van der Waals surface area contributed by atoms with E-state index in [9.17, 15) is 27.9 Å². The number of pyridine rings is 1. The highest BCUT2D eigenvalue weighted by Gasteiger charge is 2.41. The van der Waals surface area contributed by atoms with Gasteiger partial charge in [0.1, 0.15) is 23.7 Å². The molecule has 0 unspecified atom stereocenters. The van der Waals surface area contributed by atoms with Crippen LogP contribution in [0.5, 0.6) is 11.5 Å². The monoisotopic (exact) mass is 589 g/mol. The van der Waals surface area contributed by atoms with Crippen LogP contribution in [0.2, 0.25) is 0 Å². The molecule has 0 aliphatic carbocycles. The van der Waals surface area contributed by atoms with Gasteiger partial charge in [0, 0.05) is 11.1 Å². The smallest absolute Gasteiger partial charge is 0.434 e. The second-order valence-corrected chi connectivity index (χ2v) is 9.20. The Bertz CT molecular complexity index is 1820. The number of alkyl halides is 3. The van der Waals surface area contributed by atoms with Gasteiger partial charge in [-0.2, -0.15) is 18.3 Å². The third kappa shape index (κ3) is 6.03.